The van der Waals surface area contributed by atoms with Crippen molar-refractivity contribution in [2.45, 2.75) is 12.5 Å². The van der Waals surface area contributed by atoms with Gasteiger partial charge in [-0.2, -0.15) is 0 Å². The molecule has 0 saturated carbocycles. The molecule has 1 aromatic heterocycles. The number of carboxylic acids is 1. The number of ether oxygens (including phenoxy) is 1. The number of nitrogens with zero attached hydrogens (tertiary/aromatic N) is 1. The number of carboxylic acid groups (broad SMARTS) is 1. The third-order valence-corrected chi connectivity index (χ3v) is 2.44. The second kappa shape index (κ2) is 5.09. The predicted octanol–water partition coefficient (Wildman–Crippen LogP) is 1.67. The minimum Gasteiger partial charge on any atom is -0.481 e. The molecule has 0 spiro atoms. The van der Waals surface area contributed by atoms with Crippen molar-refractivity contribution in [2.24, 2.45) is 5.92 Å². The summed E-state index contributed by atoms with van der Waals surface area (Å²) in [5, 5.41) is 8.95. The maximum Gasteiger partial charge on any atom is 0.309 e. The predicted molar refractivity (Wildman–Crippen MR) is 55.9 cm³/mol. The van der Waals surface area contributed by atoms with Gasteiger partial charge in [0.15, 0.2) is 0 Å². The van der Waals surface area contributed by atoms with E-state index >= 15 is 0 Å². The van der Waals surface area contributed by atoms with E-state index in [1.807, 2.05) is 0 Å². The molecule has 4 nitrogen and oxygen atoms in total. The van der Waals surface area contributed by atoms with E-state index in [4.69, 9.17) is 9.84 Å². The smallest absolute Gasteiger partial charge is 0.309 e. The Labute approximate surface area is 93.7 Å². The number of halogens is 1. The van der Waals surface area contributed by atoms with Crippen molar-refractivity contribution in [3.8, 4) is 0 Å². The first-order valence-corrected chi connectivity index (χ1v) is 4.53. The fraction of sp³-hybridized carbons (Fsp3) is 0.400. The van der Waals surface area contributed by atoms with Crippen molar-refractivity contribution in [1.29, 1.82) is 0 Å². The van der Waals surface area contributed by atoms with E-state index in [-0.39, 0.29) is 18.5 Å². The lowest BCUT2D eigenvalue weighted by atomic mass is 9.96. The van der Waals surface area contributed by atoms with Crippen molar-refractivity contribution in [1.82, 2.24) is 4.98 Å². The maximum absolute atomic E-state index is 10.9. The summed E-state index contributed by atoms with van der Waals surface area (Å²) in [6.07, 6.45) is 3.57. The highest BCUT2D eigenvalue weighted by Gasteiger charge is 2.34. The Bertz CT molecular complexity index is 331. The van der Waals surface area contributed by atoms with Gasteiger partial charge in [-0.05, 0) is 24.1 Å². The van der Waals surface area contributed by atoms with Gasteiger partial charge < -0.3 is 9.84 Å². The molecule has 1 saturated heterocycles. The number of rotatable bonds is 2. The molecule has 1 aliphatic heterocycles. The number of hydrogen-bond donors (Lipinski definition) is 1. The van der Waals surface area contributed by atoms with Gasteiger partial charge in [0.1, 0.15) is 0 Å². The highest BCUT2D eigenvalue weighted by molar-refractivity contribution is 5.85. The SMILES string of the molecule is Cl.O=C(O)[C@H]1CCO[C@@H]1c1ccncc1. The Kier molecular flexibility index (Phi) is 4.05. The Morgan fingerprint density at radius 2 is 2.13 bits per heavy atom. The topological polar surface area (TPSA) is 59.4 Å². The third-order valence-electron chi connectivity index (χ3n) is 2.44. The van der Waals surface area contributed by atoms with Gasteiger partial charge in [-0.3, -0.25) is 9.78 Å². The number of hydrogen-bond acceptors (Lipinski definition) is 3. The van der Waals surface area contributed by atoms with Gasteiger partial charge in [0.2, 0.25) is 0 Å². The highest BCUT2D eigenvalue weighted by Crippen LogP contribution is 2.34. The van der Waals surface area contributed by atoms with Gasteiger partial charge in [-0.25, -0.2) is 0 Å². The van der Waals surface area contributed by atoms with Crippen LogP contribution in [0.1, 0.15) is 18.1 Å². The van der Waals surface area contributed by atoms with Gasteiger partial charge in [0, 0.05) is 19.0 Å². The molecule has 0 bridgehead atoms. The fourth-order valence-electron chi connectivity index (χ4n) is 1.72. The summed E-state index contributed by atoms with van der Waals surface area (Å²) >= 11 is 0. The van der Waals surface area contributed by atoms with Crippen LogP contribution >= 0.6 is 12.4 Å². The summed E-state index contributed by atoms with van der Waals surface area (Å²) in [6, 6.07) is 3.60. The number of pyridine rings is 1. The molecule has 0 unspecified atom stereocenters. The molecular weight excluding hydrogens is 218 g/mol. The molecule has 15 heavy (non-hydrogen) atoms. The van der Waals surface area contributed by atoms with E-state index in [1.165, 1.54) is 0 Å². The van der Waals surface area contributed by atoms with Crippen LogP contribution in [0.3, 0.4) is 0 Å². The zero-order valence-corrected chi connectivity index (χ0v) is 8.81. The average Bonchev–Trinajstić information content (AvgIpc) is 2.67. The molecule has 2 heterocycles. The molecular formula is C10H12ClNO3. The highest BCUT2D eigenvalue weighted by atomic mass is 35.5. The van der Waals surface area contributed by atoms with Crippen molar-refractivity contribution >= 4 is 18.4 Å². The Morgan fingerprint density at radius 3 is 2.73 bits per heavy atom. The van der Waals surface area contributed by atoms with Gasteiger partial charge in [0.05, 0.1) is 12.0 Å². The van der Waals surface area contributed by atoms with Crippen LogP contribution in [0.15, 0.2) is 24.5 Å². The molecule has 2 rings (SSSR count). The van der Waals surface area contributed by atoms with E-state index in [0.29, 0.717) is 13.0 Å². The van der Waals surface area contributed by atoms with Crippen LogP contribution in [-0.4, -0.2) is 22.7 Å². The van der Waals surface area contributed by atoms with Crippen LogP contribution in [0.5, 0.6) is 0 Å². The van der Waals surface area contributed by atoms with Crippen molar-refractivity contribution in [3.63, 3.8) is 0 Å². The van der Waals surface area contributed by atoms with E-state index < -0.39 is 11.9 Å². The van der Waals surface area contributed by atoms with Crippen LogP contribution in [0.4, 0.5) is 0 Å². The summed E-state index contributed by atoms with van der Waals surface area (Å²) in [4.78, 5) is 14.8. The minimum atomic E-state index is -0.788. The van der Waals surface area contributed by atoms with Crippen LogP contribution in [0, 0.1) is 5.92 Å². The zero-order valence-electron chi connectivity index (χ0n) is 8.00. The molecule has 2 atom stereocenters. The lowest BCUT2D eigenvalue weighted by Crippen LogP contribution is -2.17. The first kappa shape index (κ1) is 11.9. The molecule has 0 aliphatic carbocycles. The summed E-state index contributed by atoms with van der Waals surface area (Å²) in [5.41, 5.74) is 0.893. The standard InChI is InChI=1S/C10H11NO3.ClH/c12-10(13)8-3-6-14-9(8)7-1-4-11-5-2-7;/h1-2,4-5,8-9H,3,6H2,(H,12,13);1H/t8-,9+;/m0./s1. The second-order valence-corrected chi connectivity index (χ2v) is 3.31. The molecule has 0 aromatic carbocycles. The normalized spacial score (nSPS) is 24.5. The number of aliphatic carboxylic acids is 1. The largest absolute Gasteiger partial charge is 0.481 e. The van der Waals surface area contributed by atoms with Crippen LogP contribution in [0.2, 0.25) is 0 Å². The summed E-state index contributed by atoms with van der Waals surface area (Å²) < 4.78 is 5.40. The second-order valence-electron chi connectivity index (χ2n) is 3.31. The van der Waals surface area contributed by atoms with Crippen LogP contribution in [-0.2, 0) is 9.53 Å². The third kappa shape index (κ3) is 2.46. The van der Waals surface area contributed by atoms with E-state index in [1.54, 1.807) is 24.5 Å². The number of aromatic nitrogens is 1. The molecule has 1 aromatic rings. The van der Waals surface area contributed by atoms with Crippen molar-refractivity contribution < 1.29 is 14.6 Å². The summed E-state index contributed by atoms with van der Waals surface area (Å²) in [6.45, 7) is 0.518. The Hall–Kier alpha value is -1.13. The molecule has 0 amide bonds. The van der Waals surface area contributed by atoms with Gasteiger partial charge >= 0.3 is 5.97 Å². The molecule has 82 valence electrons. The first-order chi connectivity index (χ1) is 6.79. The summed E-state index contributed by atoms with van der Waals surface area (Å²) in [5.74, 6) is -1.21. The van der Waals surface area contributed by atoms with Gasteiger partial charge in [-0.1, -0.05) is 0 Å². The lowest BCUT2D eigenvalue weighted by Gasteiger charge is -2.14. The van der Waals surface area contributed by atoms with Gasteiger partial charge in [-0.15, -0.1) is 12.4 Å². The molecule has 1 N–H and O–H groups in total. The first-order valence-electron chi connectivity index (χ1n) is 4.53. The monoisotopic (exact) mass is 229 g/mol. The van der Waals surface area contributed by atoms with Crippen molar-refractivity contribution in [3.05, 3.63) is 30.1 Å². The van der Waals surface area contributed by atoms with E-state index in [9.17, 15) is 4.79 Å². The Balaban J connectivity index is 0.00000112. The fourth-order valence-corrected chi connectivity index (χ4v) is 1.72. The lowest BCUT2D eigenvalue weighted by molar-refractivity contribution is -0.143. The quantitative estimate of drug-likeness (QED) is 0.838. The average molecular weight is 230 g/mol. The van der Waals surface area contributed by atoms with E-state index in [0.717, 1.165) is 5.56 Å². The Morgan fingerprint density at radius 1 is 1.47 bits per heavy atom. The molecule has 0 radical (unpaired) electrons. The molecule has 1 aliphatic rings. The molecule has 1 fully saturated rings. The number of carbonyl (C=O) groups is 1. The van der Waals surface area contributed by atoms with Gasteiger partial charge in [0.25, 0.3) is 0 Å². The molecule has 5 heteroatoms. The zero-order chi connectivity index (χ0) is 9.97. The van der Waals surface area contributed by atoms with E-state index in [2.05, 4.69) is 4.98 Å². The van der Waals surface area contributed by atoms with Crippen molar-refractivity contribution in [2.75, 3.05) is 6.61 Å². The van der Waals surface area contributed by atoms with Crippen LogP contribution < -0.4 is 0 Å². The summed E-state index contributed by atoms with van der Waals surface area (Å²) in [7, 11) is 0. The maximum atomic E-state index is 10.9. The minimum absolute atomic E-state index is 0. The van der Waals surface area contributed by atoms with Crippen LogP contribution in [0.25, 0.3) is 0 Å².